The van der Waals surface area contributed by atoms with Crippen LogP contribution in [0.2, 0.25) is 0 Å². The third kappa shape index (κ3) is 2.65. The molecule has 0 fully saturated rings. The maximum absolute atomic E-state index is 10.7. The Hall–Kier alpha value is -1.95. The number of nitrogens with zero attached hydrogens (tertiary/aromatic N) is 2. The Kier molecular flexibility index (Phi) is 3.57. The molecule has 0 aliphatic carbocycles. The highest BCUT2D eigenvalue weighted by molar-refractivity contribution is 9.10. The molecule has 0 saturated heterocycles. The van der Waals surface area contributed by atoms with E-state index in [1.807, 2.05) is 0 Å². The number of hydrogen-bond donors (Lipinski definition) is 0. The molecular weight excluding hydrogens is 300 g/mol. The van der Waals surface area contributed by atoms with Gasteiger partial charge in [0.25, 0.3) is 5.69 Å². The van der Waals surface area contributed by atoms with Crippen molar-refractivity contribution in [1.29, 1.82) is 0 Å². The number of aryl methyl sites for hydroxylation is 1. The summed E-state index contributed by atoms with van der Waals surface area (Å²) in [6.45, 7) is 1.67. The average Bonchev–Trinajstić information content (AvgIpc) is 2.32. The van der Waals surface area contributed by atoms with Gasteiger partial charge in [0.05, 0.1) is 9.40 Å². The first-order valence-corrected chi connectivity index (χ1v) is 5.90. The molecule has 1 aromatic carbocycles. The topological polar surface area (TPSA) is 65.3 Å². The van der Waals surface area contributed by atoms with E-state index >= 15 is 0 Å². The van der Waals surface area contributed by atoms with Crippen LogP contribution in [0.15, 0.2) is 41.0 Å². The lowest BCUT2D eigenvalue weighted by Crippen LogP contribution is -1.93. The summed E-state index contributed by atoms with van der Waals surface area (Å²) in [6, 6.07) is 8.16. The van der Waals surface area contributed by atoms with Crippen molar-refractivity contribution in [1.82, 2.24) is 4.98 Å². The van der Waals surface area contributed by atoms with Crippen LogP contribution >= 0.6 is 15.9 Å². The first kappa shape index (κ1) is 12.5. The molecule has 1 heterocycles. The Morgan fingerprint density at radius 3 is 2.78 bits per heavy atom. The molecule has 0 atom stereocenters. The van der Waals surface area contributed by atoms with Crippen LogP contribution in [0, 0.1) is 17.0 Å². The van der Waals surface area contributed by atoms with E-state index in [1.165, 1.54) is 6.07 Å². The van der Waals surface area contributed by atoms with Gasteiger partial charge in [-0.1, -0.05) is 0 Å². The lowest BCUT2D eigenvalue weighted by molar-refractivity contribution is -0.385. The number of nitro groups is 1. The zero-order chi connectivity index (χ0) is 13.1. The number of pyridine rings is 1. The second kappa shape index (κ2) is 5.14. The molecule has 0 N–H and O–H groups in total. The van der Waals surface area contributed by atoms with Crippen molar-refractivity contribution >= 4 is 21.6 Å². The lowest BCUT2D eigenvalue weighted by atomic mass is 10.2. The molecule has 0 radical (unpaired) electrons. The van der Waals surface area contributed by atoms with Crippen LogP contribution in [0.4, 0.5) is 5.69 Å². The third-order valence-electron chi connectivity index (χ3n) is 2.30. The van der Waals surface area contributed by atoms with Crippen LogP contribution < -0.4 is 4.74 Å². The Morgan fingerprint density at radius 2 is 2.17 bits per heavy atom. The molecule has 5 nitrogen and oxygen atoms in total. The summed E-state index contributed by atoms with van der Waals surface area (Å²) < 4.78 is 6.27. The second-order valence-corrected chi connectivity index (χ2v) is 4.45. The fourth-order valence-corrected chi connectivity index (χ4v) is 1.79. The summed E-state index contributed by atoms with van der Waals surface area (Å²) in [5.74, 6) is 0.934. The van der Waals surface area contributed by atoms with Crippen molar-refractivity contribution in [2.75, 3.05) is 0 Å². The van der Waals surface area contributed by atoms with Crippen LogP contribution in [-0.2, 0) is 0 Å². The smallest absolute Gasteiger partial charge is 0.272 e. The lowest BCUT2D eigenvalue weighted by Gasteiger charge is -2.06. The minimum Gasteiger partial charge on any atom is -0.438 e. The van der Waals surface area contributed by atoms with Gasteiger partial charge >= 0.3 is 0 Å². The highest BCUT2D eigenvalue weighted by Crippen LogP contribution is 2.29. The van der Waals surface area contributed by atoms with Crippen LogP contribution in [0.5, 0.6) is 11.6 Å². The van der Waals surface area contributed by atoms with E-state index in [-0.39, 0.29) is 5.69 Å². The number of halogens is 1. The van der Waals surface area contributed by atoms with Crippen molar-refractivity contribution in [3.05, 3.63) is 56.7 Å². The highest BCUT2D eigenvalue weighted by Gasteiger charge is 2.11. The molecule has 0 spiro atoms. The molecule has 92 valence electrons. The predicted molar refractivity (Wildman–Crippen MR) is 69.8 cm³/mol. The monoisotopic (exact) mass is 308 g/mol. The SMILES string of the molecule is Cc1cc(Oc2ncccc2Br)ccc1[N+](=O)[O-]. The van der Waals surface area contributed by atoms with E-state index < -0.39 is 4.92 Å². The summed E-state index contributed by atoms with van der Waals surface area (Å²) in [5.41, 5.74) is 0.618. The van der Waals surface area contributed by atoms with Crippen molar-refractivity contribution in [3.8, 4) is 11.6 Å². The van der Waals surface area contributed by atoms with E-state index in [4.69, 9.17) is 4.74 Å². The van der Waals surface area contributed by atoms with Gasteiger partial charge in [0.1, 0.15) is 5.75 Å². The van der Waals surface area contributed by atoms with Gasteiger partial charge in [0, 0.05) is 17.8 Å². The molecule has 0 aliphatic heterocycles. The van der Waals surface area contributed by atoms with Gasteiger partial charge in [-0.2, -0.15) is 0 Å². The average molecular weight is 309 g/mol. The zero-order valence-electron chi connectivity index (χ0n) is 9.46. The molecular formula is C12H9BrN2O3. The van der Waals surface area contributed by atoms with E-state index in [0.29, 0.717) is 17.2 Å². The number of aromatic nitrogens is 1. The van der Waals surface area contributed by atoms with E-state index in [0.717, 1.165) is 4.47 Å². The minimum atomic E-state index is -0.421. The summed E-state index contributed by atoms with van der Waals surface area (Å²) in [7, 11) is 0. The Labute approximate surface area is 112 Å². The van der Waals surface area contributed by atoms with Crippen LogP contribution in [0.1, 0.15) is 5.56 Å². The highest BCUT2D eigenvalue weighted by atomic mass is 79.9. The molecule has 1 aromatic heterocycles. The van der Waals surface area contributed by atoms with E-state index in [2.05, 4.69) is 20.9 Å². The van der Waals surface area contributed by atoms with Gasteiger partial charge in [0.15, 0.2) is 0 Å². The van der Waals surface area contributed by atoms with Crippen molar-refractivity contribution in [2.45, 2.75) is 6.92 Å². The molecule has 0 amide bonds. The van der Waals surface area contributed by atoms with Crippen LogP contribution in [0.3, 0.4) is 0 Å². The number of rotatable bonds is 3. The number of benzene rings is 1. The summed E-state index contributed by atoms with van der Waals surface area (Å²) in [6.07, 6.45) is 1.61. The molecule has 0 unspecified atom stereocenters. The van der Waals surface area contributed by atoms with Gasteiger partial charge < -0.3 is 4.74 Å². The van der Waals surface area contributed by atoms with Gasteiger partial charge in [-0.15, -0.1) is 0 Å². The maximum atomic E-state index is 10.7. The van der Waals surface area contributed by atoms with E-state index in [9.17, 15) is 10.1 Å². The Bertz CT molecular complexity index is 602. The maximum Gasteiger partial charge on any atom is 0.272 e. The third-order valence-corrected chi connectivity index (χ3v) is 2.91. The van der Waals surface area contributed by atoms with E-state index in [1.54, 1.807) is 37.4 Å². The molecule has 6 heteroatoms. The number of hydrogen-bond acceptors (Lipinski definition) is 4. The fraction of sp³-hybridized carbons (Fsp3) is 0.0833. The largest absolute Gasteiger partial charge is 0.438 e. The quantitative estimate of drug-likeness (QED) is 0.638. The predicted octanol–water partition coefficient (Wildman–Crippen LogP) is 3.85. The normalized spacial score (nSPS) is 10.1. The Balaban J connectivity index is 2.29. The standard InChI is InChI=1S/C12H9BrN2O3/c1-8-7-9(4-5-11(8)15(16)17)18-12-10(13)3-2-6-14-12/h2-7H,1H3. The fourth-order valence-electron chi connectivity index (χ4n) is 1.45. The second-order valence-electron chi connectivity index (χ2n) is 3.60. The summed E-state index contributed by atoms with van der Waals surface area (Å²) in [4.78, 5) is 14.3. The van der Waals surface area contributed by atoms with Gasteiger partial charge in [-0.05, 0) is 47.1 Å². The molecule has 2 aromatic rings. The van der Waals surface area contributed by atoms with Crippen molar-refractivity contribution in [2.24, 2.45) is 0 Å². The molecule has 0 aliphatic rings. The van der Waals surface area contributed by atoms with Gasteiger partial charge in [0.2, 0.25) is 5.88 Å². The zero-order valence-corrected chi connectivity index (χ0v) is 11.0. The van der Waals surface area contributed by atoms with Crippen LogP contribution in [0.25, 0.3) is 0 Å². The number of nitro benzene ring substituents is 1. The summed E-state index contributed by atoms with van der Waals surface area (Å²) in [5, 5.41) is 10.7. The Morgan fingerprint density at radius 1 is 1.39 bits per heavy atom. The molecule has 0 bridgehead atoms. The van der Waals surface area contributed by atoms with Gasteiger partial charge in [-0.25, -0.2) is 4.98 Å². The molecule has 2 rings (SSSR count). The molecule has 18 heavy (non-hydrogen) atoms. The molecule has 0 saturated carbocycles. The summed E-state index contributed by atoms with van der Waals surface area (Å²) >= 11 is 3.31. The number of ether oxygens (including phenoxy) is 1. The van der Waals surface area contributed by atoms with Crippen molar-refractivity contribution < 1.29 is 9.66 Å². The first-order valence-electron chi connectivity index (χ1n) is 5.11. The van der Waals surface area contributed by atoms with Crippen LogP contribution in [-0.4, -0.2) is 9.91 Å². The first-order chi connectivity index (χ1) is 8.58. The minimum absolute atomic E-state index is 0.0717. The van der Waals surface area contributed by atoms with Crippen molar-refractivity contribution in [3.63, 3.8) is 0 Å². The van der Waals surface area contributed by atoms with Gasteiger partial charge in [-0.3, -0.25) is 10.1 Å².